The molecule has 0 radical (unpaired) electrons. The summed E-state index contributed by atoms with van der Waals surface area (Å²) in [6.45, 7) is -1.29. The summed E-state index contributed by atoms with van der Waals surface area (Å²) < 4.78 is 42.7. The minimum Gasteiger partial charge on any atom is -0.481 e. The third-order valence-electron chi connectivity index (χ3n) is 5.65. The molecule has 9 heteroatoms. The maximum absolute atomic E-state index is 13.9. The van der Waals surface area contributed by atoms with E-state index in [4.69, 9.17) is 0 Å². The zero-order chi connectivity index (χ0) is 21.8. The third kappa shape index (κ3) is 5.01. The number of pyridine rings is 1. The van der Waals surface area contributed by atoms with Crippen LogP contribution in [-0.2, 0) is 4.79 Å². The fourth-order valence-electron chi connectivity index (χ4n) is 4.08. The molecule has 2 aromatic rings. The highest BCUT2D eigenvalue weighted by atomic mass is 19.3. The summed E-state index contributed by atoms with van der Waals surface area (Å²) in [6, 6.07) is 3.43. The number of hydrogen-bond donors (Lipinski definition) is 2. The molecular formula is C21H23F3N2O4. The summed E-state index contributed by atoms with van der Waals surface area (Å²) in [7, 11) is 0. The number of amides is 1. The van der Waals surface area contributed by atoms with Crippen molar-refractivity contribution in [3.8, 4) is 5.75 Å². The van der Waals surface area contributed by atoms with Crippen LogP contribution in [0.5, 0.6) is 5.75 Å². The molecule has 0 spiro atoms. The molecule has 0 saturated heterocycles. The highest BCUT2D eigenvalue weighted by molar-refractivity contribution is 5.97. The molecule has 2 N–H and O–H groups in total. The lowest BCUT2D eigenvalue weighted by Gasteiger charge is -2.32. The van der Waals surface area contributed by atoms with Gasteiger partial charge in [0.25, 0.3) is 5.91 Å². The van der Waals surface area contributed by atoms with E-state index in [1.165, 1.54) is 12.3 Å². The van der Waals surface area contributed by atoms with Crippen LogP contribution in [0, 0.1) is 17.7 Å². The number of nitrogens with zero attached hydrogens (tertiary/aromatic N) is 1. The largest absolute Gasteiger partial charge is 0.481 e. The quantitative estimate of drug-likeness (QED) is 0.689. The summed E-state index contributed by atoms with van der Waals surface area (Å²) >= 11 is 0. The Balaban J connectivity index is 1.65. The second-order valence-corrected chi connectivity index (χ2v) is 7.52. The highest BCUT2D eigenvalue weighted by Gasteiger charge is 2.31. The number of rotatable bonds is 7. The van der Waals surface area contributed by atoms with Crippen molar-refractivity contribution in [2.24, 2.45) is 11.8 Å². The van der Waals surface area contributed by atoms with Crippen LogP contribution in [0.4, 0.5) is 13.2 Å². The normalized spacial score (nSPS) is 20.2. The van der Waals surface area contributed by atoms with Crippen molar-refractivity contribution in [3.63, 3.8) is 0 Å². The van der Waals surface area contributed by atoms with Crippen LogP contribution in [-0.4, -0.2) is 34.6 Å². The number of carbonyl (C=O) groups is 2. The first-order valence-corrected chi connectivity index (χ1v) is 9.86. The SMILES string of the molecule is CCC(C(=O)O)C1CCC(NC(=O)c2cnc3cc(OC(F)F)c(F)cc3c2)CC1. The Labute approximate surface area is 171 Å². The van der Waals surface area contributed by atoms with Crippen LogP contribution in [0.3, 0.4) is 0 Å². The number of aromatic nitrogens is 1. The van der Waals surface area contributed by atoms with Gasteiger partial charge in [-0.2, -0.15) is 8.78 Å². The Bertz CT molecular complexity index is 930. The predicted molar refractivity (Wildman–Crippen MR) is 103 cm³/mol. The third-order valence-corrected chi connectivity index (χ3v) is 5.65. The maximum atomic E-state index is 13.9. The standard InChI is InChI=1S/C21H23F3N2O4/c1-2-15(20(28)29)11-3-5-14(6-4-11)26-19(27)13-7-12-8-16(22)18(30-21(23)24)9-17(12)25-10-13/h7-11,14-15,21H,2-6H2,1H3,(H,26,27)(H,28,29). The van der Waals surface area contributed by atoms with E-state index in [1.807, 2.05) is 6.92 Å². The minimum atomic E-state index is -3.15. The Hall–Kier alpha value is -2.84. The molecule has 1 saturated carbocycles. The topological polar surface area (TPSA) is 88.5 Å². The molecule has 6 nitrogen and oxygen atoms in total. The Morgan fingerprint density at radius 1 is 1.23 bits per heavy atom. The van der Waals surface area contributed by atoms with E-state index in [-0.39, 0.29) is 40.3 Å². The van der Waals surface area contributed by atoms with Crippen molar-refractivity contribution < 1.29 is 32.6 Å². The van der Waals surface area contributed by atoms with E-state index in [0.717, 1.165) is 25.0 Å². The number of nitrogens with one attached hydrogen (secondary N) is 1. The lowest BCUT2D eigenvalue weighted by atomic mass is 9.77. The molecule has 1 aromatic heterocycles. The Morgan fingerprint density at radius 3 is 2.53 bits per heavy atom. The second-order valence-electron chi connectivity index (χ2n) is 7.52. The molecule has 30 heavy (non-hydrogen) atoms. The van der Waals surface area contributed by atoms with Crippen LogP contribution in [0.2, 0.25) is 0 Å². The van der Waals surface area contributed by atoms with E-state index in [2.05, 4.69) is 15.0 Å². The molecule has 0 bridgehead atoms. The van der Waals surface area contributed by atoms with Gasteiger partial charge in [-0.05, 0) is 50.2 Å². The van der Waals surface area contributed by atoms with Gasteiger partial charge in [0.15, 0.2) is 11.6 Å². The summed E-state index contributed by atoms with van der Waals surface area (Å²) in [5, 5.41) is 12.5. The summed E-state index contributed by atoms with van der Waals surface area (Å²) in [4.78, 5) is 28.0. The Morgan fingerprint density at radius 2 is 1.93 bits per heavy atom. The summed E-state index contributed by atoms with van der Waals surface area (Å²) in [5.74, 6) is -2.97. The average molecular weight is 424 g/mol. The molecule has 1 atom stereocenters. The van der Waals surface area contributed by atoms with E-state index in [9.17, 15) is 27.9 Å². The number of hydrogen-bond acceptors (Lipinski definition) is 4. The van der Waals surface area contributed by atoms with Gasteiger partial charge in [0.2, 0.25) is 0 Å². The van der Waals surface area contributed by atoms with Crippen LogP contribution < -0.4 is 10.1 Å². The maximum Gasteiger partial charge on any atom is 0.387 e. The molecule has 3 rings (SSSR count). The molecule has 1 fully saturated rings. The monoisotopic (exact) mass is 424 g/mol. The van der Waals surface area contributed by atoms with Crippen molar-refractivity contribution in [1.82, 2.24) is 10.3 Å². The van der Waals surface area contributed by atoms with Gasteiger partial charge < -0.3 is 15.2 Å². The molecule has 1 aromatic carbocycles. The average Bonchev–Trinajstić information content (AvgIpc) is 2.69. The number of ether oxygens (including phenoxy) is 1. The van der Waals surface area contributed by atoms with Gasteiger partial charge in [0.05, 0.1) is 17.0 Å². The van der Waals surface area contributed by atoms with Crippen molar-refractivity contribution in [1.29, 1.82) is 0 Å². The molecule has 1 aliphatic carbocycles. The number of carbonyl (C=O) groups excluding carboxylic acids is 1. The number of benzene rings is 1. The number of alkyl halides is 2. The van der Waals surface area contributed by atoms with Gasteiger partial charge in [-0.15, -0.1) is 0 Å². The van der Waals surface area contributed by atoms with Crippen molar-refractivity contribution in [2.45, 2.75) is 51.7 Å². The van der Waals surface area contributed by atoms with Crippen LogP contribution in [0.1, 0.15) is 49.4 Å². The van der Waals surface area contributed by atoms with Gasteiger partial charge in [0.1, 0.15) is 0 Å². The van der Waals surface area contributed by atoms with E-state index < -0.39 is 24.1 Å². The van der Waals surface area contributed by atoms with E-state index in [1.54, 1.807) is 0 Å². The summed E-state index contributed by atoms with van der Waals surface area (Å²) in [5.41, 5.74) is 0.451. The first-order chi connectivity index (χ1) is 14.3. The first kappa shape index (κ1) is 21.9. The molecule has 1 aliphatic rings. The van der Waals surface area contributed by atoms with Gasteiger partial charge >= 0.3 is 12.6 Å². The van der Waals surface area contributed by atoms with Gasteiger partial charge in [0, 0.05) is 23.7 Å². The lowest BCUT2D eigenvalue weighted by molar-refractivity contribution is -0.144. The number of fused-ring (bicyclic) bond motifs is 1. The minimum absolute atomic E-state index is 0.0747. The highest BCUT2D eigenvalue weighted by Crippen LogP contribution is 2.32. The molecule has 1 amide bonds. The molecule has 1 unspecified atom stereocenters. The van der Waals surface area contributed by atoms with E-state index >= 15 is 0 Å². The number of carboxylic acid groups (broad SMARTS) is 1. The number of aliphatic carboxylic acids is 1. The fraction of sp³-hybridized carbons (Fsp3) is 0.476. The van der Waals surface area contributed by atoms with Crippen LogP contribution in [0.15, 0.2) is 24.4 Å². The van der Waals surface area contributed by atoms with Gasteiger partial charge in [-0.1, -0.05) is 6.92 Å². The molecule has 1 heterocycles. The number of carboxylic acids is 1. The lowest BCUT2D eigenvalue weighted by Crippen LogP contribution is -2.39. The van der Waals surface area contributed by atoms with E-state index in [0.29, 0.717) is 19.3 Å². The zero-order valence-electron chi connectivity index (χ0n) is 16.4. The van der Waals surface area contributed by atoms with Crippen LogP contribution >= 0.6 is 0 Å². The Kier molecular flexibility index (Phi) is 6.79. The van der Waals surface area contributed by atoms with Crippen molar-refractivity contribution in [3.05, 3.63) is 35.8 Å². The fourth-order valence-corrected chi connectivity index (χ4v) is 4.08. The molecule has 162 valence electrons. The van der Waals surface area contributed by atoms with Crippen LogP contribution in [0.25, 0.3) is 10.9 Å². The predicted octanol–water partition coefficient (Wildman–Crippen LogP) is 4.37. The smallest absolute Gasteiger partial charge is 0.387 e. The summed E-state index contributed by atoms with van der Waals surface area (Å²) in [6.07, 6.45) is 4.70. The first-order valence-electron chi connectivity index (χ1n) is 9.86. The van der Waals surface area contributed by atoms with Gasteiger partial charge in [-0.25, -0.2) is 4.39 Å². The second kappa shape index (κ2) is 9.32. The van der Waals surface area contributed by atoms with Gasteiger partial charge in [-0.3, -0.25) is 14.6 Å². The zero-order valence-corrected chi connectivity index (χ0v) is 16.4. The van der Waals surface area contributed by atoms with Crippen molar-refractivity contribution >= 4 is 22.8 Å². The molecular weight excluding hydrogens is 401 g/mol. The number of halogens is 3. The van der Waals surface area contributed by atoms with Crippen molar-refractivity contribution in [2.75, 3.05) is 0 Å². The molecule has 0 aliphatic heterocycles.